The molecule has 1 rings (SSSR count). The van der Waals surface area contributed by atoms with E-state index in [0.717, 1.165) is 0 Å². The van der Waals surface area contributed by atoms with E-state index in [1.54, 1.807) is 6.92 Å². The average molecular weight is 187 g/mol. The van der Waals surface area contributed by atoms with Crippen LogP contribution in [0.15, 0.2) is 0 Å². The predicted molar refractivity (Wildman–Crippen MR) is 47.9 cm³/mol. The number of hydrogen-bond donors (Lipinski definition) is 0. The Bertz CT molecular complexity index is 185. The Morgan fingerprint density at radius 3 is 2.38 bits per heavy atom. The van der Waals surface area contributed by atoms with Crippen LogP contribution < -0.4 is 0 Å². The number of hydrogen-bond acceptors (Lipinski definition) is 4. The smallest absolute Gasteiger partial charge is 0.150 e. The molecule has 1 aliphatic rings. The Labute approximate surface area is 78.8 Å². The van der Waals surface area contributed by atoms with Crippen LogP contribution in [0.5, 0.6) is 0 Å². The first kappa shape index (κ1) is 10.6. The van der Waals surface area contributed by atoms with Gasteiger partial charge < -0.3 is 9.47 Å². The zero-order valence-corrected chi connectivity index (χ0v) is 8.50. The maximum atomic E-state index is 11.2. The van der Waals surface area contributed by atoms with Gasteiger partial charge in [-0.05, 0) is 6.92 Å². The van der Waals surface area contributed by atoms with Crippen LogP contribution in [0.2, 0.25) is 0 Å². The highest BCUT2D eigenvalue weighted by molar-refractivity contribution is 5.81. The zero-order chi connectivity index (χ0) is 9.90. The summed E-state index contributed by atoms with van der Waals surface area (Å²) in [6, 6.07) is 0. The summed E-state index contributed by atoms with van der Waals surface area (Å²) in [6.45, 7) is 7.63. The van der Waals surface area contributed by atoms with Crippen LogP contribution in [-0.4, -0.2) is 37.5 Å². The summed E-state index contributed by atoms with van der Waals surface area (Å²) >= 11 is 0. The number of nitrogens with zero attached hydrogens (tertiary/aromatic N) is 1. The summed E-state index contributed by atoms with van der Waals surface area (Å²) in [7, 11) is 0. The number of carbonyl (C=O) groups excluding carboxylic acids is 1. The zero-order valence-electron chi connectivity index (χ0n) is 8.50. The molecule has 0 N–H and O–H groups in total. The third-order valence-electron chi connectivity index (χ3n) is 2.29. The number of ketones is 1. The molecule has 76 valence electrons. The molecule has 1 heterocycles. The lowest BCUT2D eigenvalue weighted by atomic mass is 9.88. The molecule has 1 saturated heterocycles. The van der Waals surface area contributed by atoms with E-state index in [-0.39, 0.29) is 11.2 Å². The Hall–Kier alpha value is -0.450. The van der Waals surface area contributed by atoms with E-state index >= 15 is 0 Å². The van der Waals surface area contributed by atoms with Gasteiger partial charge in [0.1, 0.15) is 26.0 Å². The van der Waals surface area contributed by atoms with E-state index in [2.05, 4.69) is 0 Å². The van der Waals surface area contributed by atoms with Crippen LogP contribution >= 0.6 is 0 Å². The van der Waals surface area contributed by atoms with Crippen LogP contribution in [0.3, 0.4) is 0 Å². The van der Waals surface area contributed by atoms with Gasteiger partial charge in [-0.25, -0.2) is 0 Å². The molecule has 0 aromatic carbocycles. The van der Waals surface area contributed by atoms with Crippen LogP contribution in [0.4, 0.5) is 0 Å². The summed E-state index contributed by atoms with van der Waals surface area (Å²) in [6.07, 6.45) is 0. The summed E-state index contributed by atoms with van der Waals surface area (Å²) in [5.41, 5.74) is -0.315. The molecule has 1 fully saturated rings. The van der Waals surface area contributed by atoms with Gasteiger partial charge in [-0.3, -0.25) is 9.69 Å². The van der Waals surface area contributed by atoms with Crippen LogP contribution in [0.25, 0.3) is 0 Å². The van der Waals surface area contributed by atoms with Gasteiger partial charge in [0.2, 0.25) is 0 Å². The van der Waals surface area contributed by atoms with Crippen molar-refractivity contribution in [3.05, 3.63) is 0 Å². The van der Waals surface area contributed by atoms with E-state index in [9.17, 15) is 4.79 Å². The molecule has 0 radical (unpaired) electrons. The fourth-order valence-corrected chi connectivity index (χ4v) is 1.19. The molecule has 0 aromatic heterocycles. The van der Waals surface area contributed by atoms with Gasteiger partial charge >= 0.3 is 0 Å². The summed E-state index contributed by atoms with van der Waals surface area (Å²) in [4.78, 5) is 13.2. The van der Waals surface area contributed by atoms with Crippen molar-refractivity contribution in [3.8, 4) is 0 Å². The second kappa shape index (κ2) is 4.17. The highest BCUT2D eigenvalue weighted by Gasteiger charge is 2.27. The molecule has 13 heavy (non-hydrogen) atoms. The van der Waals surface area contributed by atoms with Crippen LogP contribution in [0, 0.1) is 5.41 Å². The van der Waals surface area contributed by atoms with Gasteiger partial charge in [0.15, 0.2) is 0 Å². The first-order chi connectivity index (χ1) is 6.02. The first-order valence-corrected chi connectivity index (χ1v) is 4.41. The van der Waals surface area contributed by atoms with Crippen LogP contribution in [-0.2, 0) is 14.3 Å². The van der Waals surface area contributed by atoms with Crippen molar-refractivity contribution in [2.45, 2.75) is 20.8 Å². The molecular weight excluding hydrogens is 170 g/mol. The number of rotatable bonds is 3. The second-order valence-corrected chi connectivity index (χ2v) is 4.05. The van der Waals surface area contributed by atoms with E-state index in [4.69, 9.17) is 9.47 Å². The molecule has 0 amide bonds. The lowest BCUT2D eigenvalue weighted by Crippen LogP contribution is -2.43. The Morgan fingerprint density at radius 2 is 1.92 bits per heavy atom. The molecule has 0 unspecified atom stereocenters. The lowest BCUT2D eigenvalue weighted by molar-refractivity contribution is -0.189. The molecule has 0 aliphatic carbocycles. The SMILES string of the molecule is CC(=O)C(C)(C)CN1COCOC1. The number of ether oxygens (including phenoxy) is 2. The Kier molecular flexibility index (Phi) is 3.41. The van der Waals surface area contributed by atoms with Gasteiger partial charge in [-0.2, -0.15) is 0 Å². The molecule has 0 atom stereocenters. The van der Waals surface area contributed by atoms with Crippen molar-refractivity contribution in [2.24, 2.45) is 5.41 Å². The fraction of sp³-hybridized carbons (Fsp3) is 0.889. The minimum Gasteiger partial charge on any atom is -0.340 e. The topological polar surface area (TPSA) is 38.8 Å². The highest BCUT2D eigenvalue weighted by Crippen LogP contribution is 2.18. The van der Waals surface area contributed by atoms with Crippen molar-refractivity contribution in [2.75, 3.05) is 26.8 Å². The quantitative estimate of drug-likeness (QED) is 0.655. The van der Waals surface area contributed by atoms with Gasteiger partial charge in [-0.1, -0.05) is 13.8 Å². The van der Waals surface area contributed by atoms with Gasteiger partial charge in [-0.15, -0.1) is 0 Å². The van der Waals surface area contributed by atoms with Crippen molar-refractivity contribution < 1.29 is 14.3 Å². The Balaban J connectivity index is 2.41. The summed E-state index contributed by atoms with van der Waals surface area (Å²) in [5.74, 6) is 0.193. The van der Waals surface area contributed by atoms with Crippen molar-refractivity contribution >= 4 is 5.78 Å². The average Bonchev–Trinajstić information content (AvgIpc) is 2.05. The first-order valence-electron chi connectivity index (χ1n) is 4.41. The highest BCUT2D eigenvalue weighted by atomic mass is 16.7. The molecule has 1 aliphatic heterocycles. The molecule has 4 nitrogen and oxygen atoms in total. The molecule has 4 heteroatoms. The van der Waals surface area contributed by atoms with Gasteiger partial charge in [0.25, 0.3) is 0 Å². The monoisotopic (exact) mass is 187 g/mol. The maximum Gasteiger partial charge on any atom is 0.150 e. The molecule has 0 spiro atoms. The molecule has 0 bridgehead atoms. The molecule has 0 aromatic rings. The van der Waals surface area contributed by atoms with E-state index in [1.807, 2.05) is 18.7 Å². The minimum atomic E-state index is -0.315. The number of Topliss-reactive ketones (excluding diaryl/α,β-unsaturated/α-hetero) is 1. The lowest BCUT2D eigenvalue weighted by Gasteiger charge is -2.32. The maximum absolute atomic E-state index is 11.2. The minimum absolute atomic E-state index is 0.193. The van der Waals surface area contributed by atoms with E-state index in [0.29, 0.717) is 26.8 Å². The van der Waals surface area contributed by atoms with E-state index < -0.39 is 0 Å². The third kappa shape index (κ3) is 3.06. The van der Waals surface area contributed by atoms with E-state index in [1.165, 1.54) is 0 Å². The summed E-state index contributed by atoms with van der Waals surface area (Å²) < 4.78 is 10.2. The normalized spacial score (nSPS) is 20.2. The van der Waals surface area contributed by atoms with Crippen molar-refractivity contribution in [3.63, 3.8) is 0 Å². The second-order valence-electron chi connectivity index (χ2n) is 4.05. The van der Waals surface area contributed by atoms with Crippen molar-refractivity contribution in [1.29, 1.82) is 0 Å². The largest absolute Gasteiger partial charge is 0.340 e. The van der Waals surface area contributed by atoms with Gasteiger partial charge in [0.05, 0.1) is 0 Å². The molecule has 0 saturated carbocycles. The molecular formula is C9H17NO3. The number of carbonyl (C=O) groups is 1. The summed E-state index contributed by atoms with van der Waals surface area (Å²) in [5, 5.41) is 0. The van der Waals surface area contributed by atoms with Gasteiger partial charge in [0, 0.05) is 12.0 Å². The van der Waals surface area contributed by atoms with Crippen LogP contribution in [0.1, 0.15) is 20.8 Å². The standard InChI is InChI=1S/C9H17NO3/c1-8(11)9(2,3)4-10-5-12-7-13-6-10/h4-7H2,1-3H3. The fourth-order valence-electron chi connectivity index (χ4n) is 1.19. The van der Waals surface area contributed by atoms with Crippen molar-refractivity contribution in [1.82, 2.24) is 4.90 Å². The third-order valence-corrected chi connectivity index (χ3v) is 2.29. The predicted octanol–water partition coefficient (Wildman–Crippen LogP) is 0.823. The Morgan fingerprint density at radius 1 is 1.38 bits per heavy atom.